The summed E-state index contributed by atoms with van der Waals surface area (Å²) < 4.78 is 0. The number of hydrogen-bond acceptors (Lipinski definition) is 2. The molecule has 0 amide bonds. The second kappa shape index (κ2) is 3.97. The largest absolute Gasteiger partial charge is 0.185 e. The minimum atomic E-state index is 1.08. The van der Waals surface area contributed by atoms with E-state index in [1.54, 1.807) is 0 Å². The van der Waals surface area contributed by atoms with E-state index in [1.165, 1.54) is 0 Å². The highest BCUT2D eigenvalue weighted by atomic mass is 32.2. The number of rotatable bonds is 2. The lowest BCUT2D eigenvalue weighted by Crippen LogP contribution is -1.71. The van der Waals surface area contributed by atoms with Gasteiger partial charge in [0.1, 0.15) is 5.40 Å². The molecule has 0 fully saturated rings. The second-order valence-electron chi connectivity index (χ2n) is 1.74. The van der Waals surface area contributed by atoms with E-state index < -0.39 is 0 Å². The summed E-state index contributed by atoms with van der Waals surface area (Å²) in [5, 5.41) is 10.2. The average Bonchev–Trinajstić information content (AvgIpc) is 2.03. The van der Waals surface area contributed by atoms with E-state index in [1.807, 2.05) is 41.5 Å². The standard InChI is InChI=1S/C8H6NS/c9-7-10-6-8-4-2-1-3-5-8/h1-6H. The molecule has 0 bridgehead atoms. The fraction of sp³-hybridized carbons (Fsp3) is 0. The minimum Gasteiger partial charge on any atom is -0.185 e. The molecule has 10 heavy (non-hydrogen) atoms. The number of nitrogens with zero attached hydrogens (tertiary/aromatic N) is 1. The molecule has 0 heterocycles. The molecule has 1 aromatic carbocycles. The monoisotopic (exact) mass is 148 g/mol. The smallest absolute Gasteiger partial charge is 0.134 e. The zero-order valence-electron chi connectivity index (χ0n) is 5.32. The third-order valence-electron chi connectivity index (χ3n) is 1.05. The lowest BCUT2D eigenvalue weighted by molar-refractivity contribution is 1.56. The predicted octanol–water partition coefficient (Wildman–Crippen LogP) is 2.41. The van der Waals surface area contributed by atoms with Crippen molar-refractivity contribution in [2.45, 2.75) is 0 Å². The van der Waals surface area contributed by atoms with E-state index in [0.717, 1.165) is 17.3 Å². The molecule has 2 heteroatoms. The Morgan fingerprint density at radius 3 is 2.60 bits per heavy atom. The van der Waals surface area contributed by atoms with Crippen molar-refractivity contribution in [3.63, 3.8) is 0 Å². The van der Waals surface area contributed by atoms with Gasteiger partial charge in [-0.1, -0.05) is 30.3 Å². The predicted molar refractivity (Wildman–Crippen MR) is 43.0 cm³/mol. The summed E-state index contributed by atoms with van der Waals surface area (Å²) in [5.74, 6) is 1.82. The molecule has 0 saturated heterocycles. The normalized spacial score (nSPS) is 8.70. The van der Waals surface area contributed by atoms with Crippen LogP contribution in [0.4, 0.5) is 0 Å². The minimum absolute atomic E-state index is 1.08. The van der Waals surface area contributed by atoms with E-state index in [2.05, 4.69) is 0 Å². The van der Waals surface area contributed by atoms with Crippen molar-refractivity contribution in [1.29, 1.82) is 5.26 Å². The molecule has 0 aliphatic rings. The van der Waals surface area contributed by atoms with Crippen molar-refractivity contribution in [3.05, 3.63) is 41.6 Å². The van der Waals surface area contributed by atoms with E-state index in [9.17, 15) is 0 Å². The van der Waals surface area contributed by atoms with E-state index in [-0.39, 0.29) is 0 Å². The van der Waals surface area contributed by atoms with Crippen LogP contribution in [0.15, 0.2) is 30.3 Å². The molecule has 1 nitrogen and oxygen atoms in total. The van der Waals surface area contributed by atoms with Crippen LogP contribution in [0.1, 0.15) is 5.56 Å². The molecule has 0 saturated carbocycles. The van der Waals surface area contributed by atoms with Gasteiger partial charge in [0.25, 0.3) is 0 Å². The van der Waals surface area contributed by atoms with Gasteiger partial charge in [0.15, 0.2) is 0 Å². The highest BCUT2D eigenvalue weighted by Gasteiger charge is 1.88. The lowest BCUT2D eigenvalue weighted by atomic mass is 10.2. The summed E-state index contributed by atoms with van der Waals surface area (Å²) in [7, 11) is 0. The van der Waals surface area contributed by atoms with Crippen LogP contribution >= 0.6 is 11.8 Å². The Labute approximate surface area is 64.7 Å². The van der Waals surface area contributed by atoms with Crippen LogP contribution in [0, 0.1) is 16.4 Å². The lowest BCUT2D eigenvalue weighted by Gasteiger charge is -1.91. The van der Waals surface area contributed by atoms with Gasteiger partial charge in [-0.3, -0.25) is 0 Å². The highest BCUT2D eigenvalue weighted by Crippen LogP contribution is 2.11. The number of hydrogen-bond donors (Lipinski definition) is 0. The SMILES string of the molecule is N#CS[CH]c1ccccc1. The summed E-state index contributed by atoms with van der Waals surface area (Å²) in [6.45, 7) is 0. The third kappa shape index (κ3) is 2.12. The van der Waals surface area contributed by atoms with Gasteiger partial charge in [0, 0.05) is 0 Å². The van der Waals surface area contributed by atoms with Crippen LogP contribution in [0.5, 0.6) is 0 Å². The highest BCUT2D eigenvalue weighted by molar-refractivity contribution is 8.05. The van der Waals surface area contributed by atoms with Crippen molar-refractivity contribution in [2.24, 2.45) is 0 Å². The molecule has 0 aliphatic carbocycles. The van der Waals surface area contributed by atoms with Gasteiger partial charge >= 0.3 is 0 Å². The number of thiocyanates is 1. The van der Waals surface area contributed by atoms with Crippen LogP contribution in [0.2, 0.25) is 0 Å². The van der Waals surface area contributed by atoms with Crippen molar-refractivity contribution in [2.75, 3.05) is 0 Å². The molecule has 0 aromatic heterocycles. The Kier molecular flexibility index (Phi) is 2.85. The fourth-order valence-electron chi connectivity index (χ4n) is 0.626. The van der Waals surface area contributed by atoms with Gasteiger partial charge < -0.3 is 0 Å². The quantitative estimate of drug-likeness (QED) is 0.601. The molecule has 1 radical (unpaired) electrons. The van der Waals surface area contributed by atoms with Gasteiger partial charge in [-0.25, -0.2) is 0 Å². The molecule has 0 unspecified atom stereocenters. The Balaban J connectivity index is 2.52. The Bertz CT molecular complexity index is 225. The van der Waals surface area contributed by atoms with Crippen LogP contribution in [-0.4, -0.2) is 0 Å². The molecule has 49 valence electrons. The van der Waals surface area contributed by atoms with Gasteiger partial charge in [0.2, 0.25) is 0 Å². The molecular weight excluding hydrogens is 142 g/mol. The Morgan fingerprint density at radius 1 is 1.30 bits per heavy atom. The molecule has 1 aromatic rings. The first kappa shape index (κ1) is 7.17. The maximum absolute atomic E-state index is 8.21. The molecular formula is C8H6NS. The Morgan fingerprint density at radius 2 is 2.00 bits per heavy atom. The van der Waals surface area contributed by atoms with Gasteiger partial charge in [-0.2, -0.15) is 5.26 Å². The molecule has 1 rings (SSSR count). The van der Waals surface area contributed by atoms with Crippen molar-refractivity contribution in [1.82, 2.24) is 0 Å². The Hall–Kier alpha value is -0.940. The molecule has 0 spiro atoms. The number of benzene rings is 1. The summed E-state index contributed by atoms with van der Waals surface area (Å²) in [6.07, 6.45) is 0. The van der Waals surface area contributed by atoms with Crippen LogP contribution < -0.4 is 0 Å². The van der Waals surface area contributed by atoms with Crippen LogP contribution in [0.3, 0.4) is 0 Å². The van der Waals surface area contributed by atoms with Gasteiger partial charge in [0.05, 0.1) is 5.75 Å². The van der Waals surface area contributed by atoms with Crippen molar-refractivity contribution >= 4 is 11.8 Å². The number of nitriles is 1. The first-order valence-electron chi connectivity index (χ1n) is 2.86. The maximum atomic E-state index is 8.21. The van der Waals surface area contributed by atoms with E-state index >= 15 is 0 Å². The summed E-state index contributed by atoms with van der Waals surface area (Å²) in [4.78, 5) is 0. The summed E-state index contributed by atoms with van der Waals surface area (Å²) in [6, 6.07) is 9.77. The van der Waals surface area contributed by atoms with Crippen molar-refractivity contribution < 1.29 is 0 Å². The van der Waals surface area contributed by atoms with Crippen molar-refractivity contribution in [3.8, 4) is 5.40 Å². The zero-order chi connectivity index (χ0) is 7.23. The van der Waals surface area contributed by atoms with Crippen LogP contribution in [-0.2, 0) is 0 Å². The molecule has 0 atom stereocenters. The molecule has 0 N–H and O–H groups in total. The van der Waals surface area contributed by atoms with Crippen LogP contribution in [0.25, 0.3) is 0 Å². The van der Waals surface area contributed by atoms with Gasteiger partial charge in [-0.05, 0) is 17.3 Å². The van der Waals surface area contributed by atoms with E-state index in [0.29, 0.717) is 0 Å². The first-order chi connectivity index (χ1) is 4.93. The maximum Gasteiger partial charge on any atom is 0.134 e. The van der Waals surface area contributed by atoms with E-state index in [4.69, 9.17) is 5.26 Å². The fourth-order valence-corrected chi connectivity index (χ4v) is 0.972. The average molecular weight is 148 g/mol. The molecule has 0 aliphatic heterocycles. The summed E-state index contributed by atoms with van der Waals surface area (Å²) >= 11 is 1.14. The topological polar surface area (TPSA) is 23.8 Å². The second-order valence-corrected chi connectivity index (χ2v) is 2.39. The first-order valence-corrected chi connectivity index (χ1v) is 3.74. The zero-order valence-corrected chi connectivity index (χ0v) is 6.14. The summed E-state index contributed by atoms with van der Waals surface area (Å²) in [5.41, 5.74) is 1.08. The van der Waals surface area contributed by atoms with Gasteiger partial charge in [-0.15, -0.1) is 0 Å². The third-order valence-corrected chi connectivity index (χ3v) is 1.54. The number of thioether (sulfide) groups is 1.